The van der Waals surface area contributed by atoms with Gasteiger partial charge in [-0.1, -0.05) is 17.7 Å². The molecule has 1 aromatic carbocycles. The maximum atomic E-state index is 11.8. The van der Waals surface area contributed by atoms with Crippen molar-refractivity contribution in [3.05, 3.63) is 58.4 Å². The van der Waals surface area contributed by atoms with Crippen molar-refractivity contribution >= 4 is 12.0 Å². The monoisotopic (exact) mass is 357 g/mol. The fourth-order valence-corrected chi connectivity index (χ4v) is 2.99. The number of hydrogen-bond donors (Lipinski definition) is 2. The van der Waals surface area contributed by atoms with Gasteiger partial charge < -0.3 is 19.9 Å². The molecule has 6 nitrogen and oxygen atoms in total. The highest BCUT2D eigenvalue weighted by molar-refractivity contribution is 5.80. The summed E-state index contributed by atoms with van der Waals surface area (Å²) in [7, 11) is 0. The summed E-state index contributed by atoms with van der Waals surface area (Å²) in [6, 6.07) is 7.92. The first-order valence-electron chi connectivity index (χ1n) is 8.78. The van der Waals surface area contributed by atoms with Crippen LogP contribution in [-0.4, -0.2) is 29.7 Å². The summed E-state index contributed by atoms with van der Waals surface area (Å²) in [4.78, 5) is 23.1. The molecule has 0 fully saturated rings. The Morgan fingerprint density at radius 1 is 1.12 bits per heavy atom. The normalized spacial score (nSPS) is 10.5. The van der Waals surface area contributed by atoms with Crippen molar-refractivity contribution in [1.82, 2.24) is 15.2 Å². The highest BCUT2D eigenvalue weighted by atomic mass is 16.5. The van der Waals surface area contributed by atoms with Crippen LogP contribution in [0.3, 0.4) is 0 Å². The Labute approximate surface area is 154 Å². The average molecular weight is 357 g/mol. The highest BCUT2D eigenvalue weighted by Crippen LogP contribution is 2.18. The number of urea groups is 1. The molecule has 6 heteroatoms. The van der Waals surface area contributed by atoms with Gasteiger partial charge in [0.1, 0.15) is 6.54 Å². The van der Waals surface area contributed by atoms with Gasteiger partial charge in [-0.05, 0) is 56.5 Å². The van der Waals surface area contributed by atoms with Crippen molar-refractivity contribution in [3.63, 3.8) is 0 Å². The number of nitrogens with zero attached hydrogens (tertiary/aromatic N) is 1. The van der Waals surface area contributed by atoms with Gasteiger partial charge in [0.05, 0.1) is 13.2 Å². The van der Waals surface area contributed by atoms with E-state index in [1.165, 1.54) is 22.3 Å². The zero-order chi connectivity index (χ0) is 19.1. The standard InChI is InChI=1S/C20H27N3O3/c1-5-26-19(24)12-22-20(25)21-11-17-7-6-8-23(17)13-18-15(3)9-14(2)10-16(18)4/h6-10H,5,11-13H2,1-4H3,(H2,21,22,25). The van der Waals surface area contributed by atoms with Gasteiger partial charge in [-0.25, -0.2) is 4.79 Å². The fourth-order valence-electron chi connectivity index (χ4n) is 2.99. The number of aryl methyl sites for hydroxylation is 3. The van der Waals surface area contributed by atoms with Crippen LogP contribution >= 0.6 is 0 Å². The lowest BCUT2D eigenvalue weighted by Crippen LogP contribution is -2.38. The van der Waals surface area contributed by atoms with Gasteiger partial charge in [0.15, 0.2) is 0 Å². The van der Waals surface area contributed by atoms with E-state index in [2.05, 4.69) is 48.1 Å². The number of amides is 2. The van der Waals surface area contributed by atoms with Crippen molar-refractivity contribution in [2.24, 2.45) is 0 Å². The van der Waals surface area contributed by atoms with Gasteiger partial charge in [0.25, 0.3) is 0 Å². The Bertz CT molecular complexity index is 757. The molecule has 0 aliphatic rings. The summed E-state index contributed by atoms with van der Waals surface area (Å²) in [5.74, 6) is -0.448. The molecule has 0 saturated carbocycles. The van der Waals surface area contributed by atoms with Crippen molar-refractivity contribution in [2.45, 2.75) is 40.8 Å². The second-order valence-electron chi connectivity index (χ2n) is 6.35. The SMILES string of the molecule is CCOC(=O)CNC(=O)NCc1cccn1Cc1c(C)cc(C)cc1C. The molecule has 0 aliphatic heterocycles. The van der Waals surface area contributed by atoms with Crippen LogP contribution in [-0.2, 0) is 22.6 Å². The molecule has 2 N–H and O–H groups in total. The number of carbonyl (C=O) groups excluding carboxylic acids is 2. The number of aromatic nitrogens is 1. The minimum Gasteiger partial charge on any atom is -0.465 e. The fraction of sp³-hybridized carbons (Fsp3) is 0.400. The number of benzene rings is 1. The molecule has 0 bridgehead atoms. The van der Waals surface area contributed by atoms with E-state index >= 15 is 0 Å². The number of hydrogen-bond acceptors (Lipinski definition) is 3. The molecular formula is C20H27N3O3. The summed E-state index contributed by atoms with van der Waals surface area (Å²) in [5.41, 5.74) is 6.08. The van der Waals surface area contributed by atoms with Gasteiger partial charge in [0.2, 0.25) is 0 Å². The molecule has 0 atom stereocenters. The topological polar surface area (TPSA) is 72.4 Å². The third-order valence-electron chi connectivity index (χ3n) is 4.22. The van der Waals surface area contributed by atoms with E-state index < -0.39 is 12.0 Å². The maximum absolute atomic E-state index is 11.8. The summed E-state index contributed by atoms with van der Waals surface area (Å²) in [6.45, 7) is 9.38. The van der Waals surface area contributed by atoms with Crippen LogP contribution in [0.15, 0.2) is 30.5 Å². The first-order valence-corrected chi connectivity index (χ1v) is 8.78. The van der Waals surface area contributed by atoms with Crippen LogP contribution in [0.25, 0.3) is 0 Å². The van der Waals surface area contributed by atoms with Crippen LogP contribution in [0.1, 0.15) is 34.9 Å². The molecule has 0 saturated heterocycles. The molecule has 0 spiro atoms. The molecule has 26 heavy (non-hydrogen) atoms. The average Bonchev–Trinajstić information content (AvgIpc) is 3.01. The van der Waals surface area contributed by atoms with Crippen molar-refractivity contribution in [1.29, 1.82) is 0 Å². The Morgan fingerprint density at radius 2 is 1.81 bits per heavy atom. The van der Waals surface area contributed by atoms with E-state index in [0.29, 0.717) is 13.2 Å². The predicted molar refractivity (Wildman–Crippen MR) is 101 cm³/mol. The van der Waals surface area contributed by atoms with Gasteiger partial charge >= 0.3 is 12.0 Å². The minimum atomic E-state index is -0.448. The molecule has 2 aromatic rings. The van der Waals surface area contributed by atoms with Crippen LogP contribution in [0, 0.1) is 20.8 Å². The number of nitrogens with one attached hydrogen (secondary N) is 2. The van der Waals surface area contributed by atoms with Gasteiger partial charge in [-0.15, -0.1) is 0 Å². The Morgan fingerprint density at radius 3 is 2.46 bits per heavy atom. The number of ether oxygens (including phenoxy) is 1. The number of rotatable bonds is 7. The first kappa shape index (κ1) is 19.6. The van der Waals surface area contributed by atoms with E-state index in [1.807, 2.05) is 18.3 Å². The summed E-state index contributed by atoms with van der Waals surface area (Å²) in [5, 5.41) is 5.26. The zero-order valence-electron chi connectivity index (χ0n) is 15.9. The van der Waals surface area contributed by atoms with Gasteiger partial charge in [-0.2, -0.15) is 0 Å². The largest absolute Gasteiger partial charge is 0.465 e. The molecular weight excluding hydrogens is 330 g/mol. The third-order valence-corrected chi connectivity index (χ3v) is 4.22. The molecule has 1 heterocycles. The predicted octanol–water partition coefficient (Wildman–Crippen LogP) is 2.82. The summed E-state index contributed by atoms with van der Waals surface area (Å²) < 4.78 is 6.89. The summed E-state index contributed by atoms with van der Waals surface area (Å²) >= 11 is 0. The maximum Gasteiger partial charge on any atom is 0.325 e. The summed E-state index contributed by atoms with van der Waals surface area (Å²) in [6.07, 6.45) is 2.01. The van der Waals surface area contributed by atoms with Crippen LogP contribution in [0.2, 0.25) is 0 Å². The van der Waals surface area contributed by atoms with Crippen molar-refractivity contribution in [3.8, 4) is 0 Å². The lowest BCUT2D eigenvalue weighted by Gasteiger charge is -2.15. The lowest BCUT2D eigenvalue weighted by molar-refractivity contribution is -0.141. The van der Waals surface area contributed by atoms with E-state index in [-0.39, 0.29) is 6.54 Å². The molecule has 2 amide bonds. The van der Waals surface area contributed by atoms with E-state index in [4.69, 9.17) is 4.74 Å². The number of carbonyl (C=O) groups is 2. The number of esters is 1. The van der Waals surface area contributed by atoms with E-state index in [9.17, 15) is 9.59 Å². The molecule has 140 valence electrons. The third kappa shape index (κ3) is 5.37. The van der Waals surface area contributed by atoms with Crippen LogP contribution < -0.4 is 10.6 Å². The molecule has 1 aromatic heterocycles. The zero-order valence-corrected chi connectivity index (χ0v) is 15.9. The molecule has 2 rings (SSSR count). The van der Waals surface area contributed by atoms with E-state index in [1.54, 1.807) is 6.92 Å². The van der Waals surface area contributed by atoms with Crippen LogP contribution in [0.4, 0.5) is 4.79 Å². The lowest BCUT2D eigenvalue weighted by atomic mass is 10.00. The minimum absolute atomic E-state index is 0.136. The highest BCUT2D eigenvalue weighted by Gasteiger charge is 2.09. The second-order valence-corrected chi connectivity index (χ2v) is 6.35. The molecule has 0 radical (unpaired) electrons. The quantitative estimate of drug-likeness (QED) is 0.749. The van der Waals surface area contributed by atoms with Gasteiger partial charge in [0, 0.05) is 18.4 Å². The van der Waals surface area contributed by atoms with Crippen molar-refractivity contribution in [2.75, 3.05) is 13.2 Å². The van der Waals surface area contributed by atoms with Gasteiger partial charge in [-0.3, -0.25) is 4.79 Å². The molecule has 0 unspecified atom stereocenters. The Balaban J connectivity index is 1.95. The Hall–Kier alpha value is -2.76. The smallest absolute Gasteiger partial charge is 0.325 e. The molecule has 0 aliphatic carbocycles. The van der Waals surface area contributed by atoms with Crippen molar-refractivity contribution < 1.29 is 14.3 Å². The Kier molecular flexibility index (Phi) is 6.83. The second kappa shape index (κ2) is 9.08. The van der Waals surface area contributed by atoms with Crippen LogP contribution in [0.5, 0.6) is 0 Å². The first-order chi connectivity index (χ1) is 12.4. The van der Waals surface area contributed by atoms with E-state index in [0.717, 1.165) is 12.2 Å².